The first-order valence-corrected chi connectivity index (χ1v) is 8.11. The predicted octanol–water partition coefficient (Wildman–Crippen LogP) is 2.82. The zero-order chi connectivity index (χ0) is 17.6. The summed E-state index contributed by atoms with van der Waals surface area (Å²) in [6.07, 6.45) is 0. The van der Waals surface area contributed by atoms with E-state index in [2.05, 4.69) is 5.32 Å². The van der Waals surface area contributed by atoms with E-state index >= 15 is 0 Å². The lowest BCUT2D eigenvalue weighted by Gasteiger charge is -2.32. The Morgan fingerprint density at radius 3 is 2.09 bits per heavy atom. The summed E-state index contributed by atoms with van der Waals surface area (Å²) in [5.74, 6) is -0.0877. The van der Waals surface area contributed by atoms with Gasteiger partial charge in [-0.1, -0.05) is 11.6 Å². The third-order valence-corrected chi connectivity index (χ3v) is 4.54. The molecule has 1 fully saturated rings. The van der Waals surface area contributed by atoms with Crippen LogP contribution in [-0.2, 0) is 9.31 Å². The van der Waals surface area contributed by atoms with Gasteiger partial charge < -0.3 is 14.6 Å². The van der Waals surface area contributed by atoms with Gasteiger partial charge in [-0.25, -0.2) is 0 Å². The van der Waals surface area contributed by atoms with Crippen LogP contribution in [0.15, 0.2) is 18.2 Å². The number of nitrogens with one attached hydrogen (secondary N) is 1. The maximum Gasteiger partial charge on any atom is 0.495 e. The van der Waals surface area contributed by atoms with Crippen LogP contribution < -0.4 is 10.8 Å². The summed E-state index contributed by atoms with van der Waals surface area (Å²) in [7, 11) is -0.456. The van der Waals surface area contributed by atoms with Crippen molar-refractivity contribution in [2.45, 2.75) is 72.1 Å². The number of carbonyl (C=O) groups excluding carboxylic acids is 1. The van der Waals surface area contributed by atoms with Crippen molar-refractivity contribution in [3.8, 4) is 0 Å². The minimum atomic E-state index is -0.456. The van der Waals surface area contributed by atoms with Crippen LogP contribution in [0.4, 0.5) is 0 Å². The molecule has 0 bridgehead atoms. The molecule has 23 heavy (non-hydrogen) atoms. The maximum absolute atomic E-state index is 12.4. The van der Waals surface area contributed by atoms with Gasteiger partial charge in [0.15, 0.2) is 0 Å². The average molecular weight is 317 g/mol. The second-order valence-corrected chi connectivity index (χ2v) is 8.36. The Morgan fingerprint density at radius 2 is 1.61 bits per heavy atom. The van der Waals surface area contributed by atoms with Gasteiger partial charge in [0.2, 0.25) is 0 Å². The van der Waals surface area contributed by atoms with E-state index in [1.807, 2.05) is 73.6 Å². The van der Waals surface area contributed by atoms with Crippen molar-refractivity contribution in [3.63, 3.8) is 0 Å². The Kier molecular flexibility index (Phi) is 4.42. The Labute approximate surface area is 140 Å². The predicted molar refractivity (Wildman–Crippen MR) is 94.1 cm³/mol. The van der Waals surface area contributed by atoms with Crippen LogP contribution in [0, 0.1) is 6.92 Å². The van der Waals surface area contributed by atoms with Crippen LogP contribution >= 0.6 is 0 Å². The number of aryl methyl sites for hydroxylation is 1. The Balaban J connectivity index is 2.31. The van der Waals surface area contributed by atoms with Crippen LogP contribution in [0.25, 0.3) is 0 Å². The quantitative estimate of drug-likeness (QED) is 0.853. The van der Waals surface area contributed by atoms with Gasteiger partial charge in [0, 0.05) is 11.1 Å². The van der Waals surface area contributed by atoms with Gasteiger partial charge >= 0.3 is 7.12 Å². The molecule has 5 heteroatoms. The summed E-state index contributed by atoms with van der Waals surface area (Å²) in [5.41, 5.74) is 1.52. The van der Waals surface area contributed by atoms with Gasteiger partial charge in [-0.3, -0.25) is 4.79 Å². The zero-order valence-electron chi connectivity index (χ0n) is 15.5. The maximum atomic E-state index is 12.4. The first kappa shape index (κ1) is 18.0. The van der Waals surface area contributed by atoms with E-state index in [4.69, 9.17) is 9.31 Å². The molecule has 1 amide bonds. The molecule has 1 aromatic rings. The van der Waals surface area contributed by atoms with Crippen molar-refractivity contribution < 1.29 is 14.1 Å². The van der Waals surface area contributed by atoms with E-state index in [0.29, 0.717) is 5.56 Å². The van der Waals surface area contributed by atoms with Gasteiger partial charge in [0.25, 0.3) is 5.91 Å². The van der Waals surface area contributed by atoms with Crippen molar-refractivity contribution in [1.82, 2.24) is 5.32 Å². The first-order valence-electron chi connectivity index (χ1n) is 8.11. The molecule has 0 atom stereocenters. The van der Waals surface area contributed by atoms with E-state index in [-0.39, 0.29) is 11.4 Å². The van der Waals surface area contributed by atoms with E-state index < -0.39 is 18.3 Å². The molecule has 1 aliphatic heterocycles. The van der Waals surface area contributed by atoms with Crippen molar-refractivity contribution in [1.29, 1.82) is 0 Å². The molecule has 1 heterocycles. The summed E-state index contributed by atoms with van der Waals surface area (Å²) in [6, 6.07) is 5.65. The number of hydrogen-bond donors (Lipinski definition) is 1. The molecular formula is C18H28BNO3. The fraction of sp³-hybridized carbons (Fsp3) is 0.611. The number of carbonyl (C=O) groups is 1. The Hall–Kier alpha value is -1.33. The molecule has 2 rings (SSSR count). The highest BCUT2D eigenvalue weighted by Crippen LogP contribution is 2.36. The minimum absolute atomic E-state index is 0.0877. The van der Waals surface area contributed by atoms with E-state index in [0.717, 1.165) is 11.0 Å². The van der Waals surface area contributed by atoms with Crippen LogP contribution in [0.3, 0.4) is 0 Å². The zero-order valence-corrected chi connectivity index (χ0v) is 15.5. The third kappa shape index (κ3) is 3.78. The highest BCUT2D eigenvalue weighted by atomic mass is 16.7. The van der Waals surface area contributed by atoms with Crippen LogP contribution in [0.2, 0.25) is 0 Å². The molecule has 1 aromatic carbocycles. The lowest BCUT2D eigenvalue weighted by atomic mass is 9.75. The van der Waals surface area contributed by atoms with E-state index in [9.17, 15) is 4.79 Å². The minimum Gasteiger partial charge on any atom is -0.399 e. The summed E-state index contributed by atoms with van der Waals surface area (Å²) in [6.45, 7) is 16.0. The highest BCUT2D eigenvalue weighted by molar-refractivity contribution is 6.62. The molecule has 1 N–H and O–H groups in total. The van der Waals surface area contributed by atoms with Gasteiger partial charge in [0.05, 0.1) is 11.2 Å². The van der Waals surface area contributed by atoms with Crippen molar-refractivity contribution >= 4 is 18.5 Å². The fourth-order valence-electron chi connectivity index (χ4n) is 2.42. The molecule has 126 valence electrons. The number of rotatable bonds is 2. The molecule has 0 spiro atoms. The van der Waals surface area contributed by atoms with Gasteiger partial charge in [0.1, 0.15) is 0 Å². The summed E-state index contributed by atoms with van der Waals surface area (Å²) in [4.78, 5) is 12.4. The molecule has 0 unspecified atom stereocenters. The second kappa shape index (κ2) is 5.64. The van der Waals surface area contributed by atoms with Crippen LogP contribution in [-0.4, -0.2) is 29.8 Å². The molecule has 0 saturated carbocycles. The largest absolute Gasteiger partial charge is 0.495 e. The molecule has 0 radical (unpaired) electrons. The lowest BCUT2D eigenvalue weighted by Crippen LogP contribution is -2.42. The number of benzene rings is 1. The molecule has 0 aromatic heterocycles. The van der Waals surface area contributed by atoms with Gasteiger partial charge in [-0.15, -0.1) is 0 Å². The second-order valence-electron chi connectivity index (χ2n) is 8.36. The van der Waals surface area contributed by atoms with Crippen LogP contribution in [0.5, 0.6) is 0 Å². The van der Waals surface area contributed by atoms with E-state index in [1.165, 1.54) is 0 Å². The standard InChI is InChI=1S/C18H28BNO3/c1-12-9-10-13(15(21)20-16(2,3)4)11-14(12)19-22-17(5,6)18(7,8)23-19/h9-11H,1-8H3,(H,20,21). The molecule has 1 aliphatic rings. The smallest absolute Gasteiger partial charge is 0.399 e. The van der Waals surface area contributed by atoms with Crippen molar-refractivity contribution in [2.24, 2.45) is 0 Å². The molecule has 4 nitrogen and oxygen atoms in total. The number of hydrogen-bond acceptors (Lipinski definition) is 3. The van der Waals surface area contributed by atoms with Gasteiger partial charge in [-0.2, -0.15) is 0 Å². The van der Waals surface area contributed by atoms with Crippen LogP contribution in [0.1, 0.15) is 64.4 Å². The van der Waals surface area contributed by atoms with E-state index in [1.54, 1.807) is 0 Å². The topological polar surface area (TPSA) is 47.6 Å². The summed E-state index contributed by atoms with van der Waals surface area (Å²) >= 11 is 0. The monoisotopic (exact) mass is 317 g/mol. The molecular weight excluding hydrogens is 289 g/mol. The summed E-state index contributed by atoms with van der Waals surface area (Å²) < 4.78 is 12.2. The fourth-order valence-corrected chi connectivity index (χ4v) is 2.42. The van der Waals surface area contributed by atoms with Gasteiger partial charge in [-0.05, 0) is 73.0 Å². The first-order chi connectivity index (χ1) is 10.3. The van der Waals surface area contributed by atoms with Crippen molar-refractivity contribution in [2.75, 3.05) is 0 Å². The Morgan fingerprint density at radius 1 is 1.09 bits per heavy atom. The molecule has 0 aliphatic carbocycles. The SMILES string of the molecule is Cc1ccc(C(=O)NC(C)(C)C)cc1B1OC(C)(C)C(C)(C)O1. The van der Waals surface area contributed by atoms with Crippen molar-refractivity contribution in [3.05, 3.63) is 29.3 Å². The average Bonchev–Trinajstić information content (AvgIpc) is 2.56. The molecule has 1 saturated heterocycles. The lowest BCUT2D eigenvalue weighted by molar-refractivity contribution is 0.00578. The highest BCUT2D eigenvalue weighted by Gasteiger charge is 2.52. The number of amides is 1. The Bertz CT molecular complexity index is 601. The normalized spacial score (nSPS) is 19.7. The summed E-state index contributed by atoms with van der Waals surface area (Å²) in [5, 5.41) is 2.98. The third-order valence-electron chi connectivity index (χ3n) is 4.54.